The standard InChI is InChI=1S/C11H20N2O4/c1-3-11(2,12)10(16)13-4-5-17-7-8(13)6-9(14)15/h8H,3-7,12H2,1-2H3,(H,14,15). The summed E-state index contributed by atoms with van der Waals surface area (Å²) in [5, 5.41) is 8.80. The molecular formula is C11H20N2O4. The maximum atomic E-state index is 12.2. The first-order valence-corrected chi connectivity index (χ1v) is 5.78. The molecule has 1 aliphatic rings. The Morgan fingerprint density at radius 3 is 2.76 bits per heavy atom. The van der Waals surface area contributed by atoms with Crippen molar-refractivity contribution in [3.8, 4) is 0 Å². The lowest BCUT2D eigenvalue weighted by Gasteiger charge is -2.39. The van der Waals surface area contributed by atoms with Crippen LogP contribution in [0.1, 0.15) is 26.7 Å². The lowest BCUT2D eigenvalue weighted by atomic mass is 9.96. The van der Waals surface area contributed by atoms with Crippen LogP contribution in [0.2, 0.25) is 0 Å². The summed E-state index contributed by atoms with van der Waals surface area (Å²) in [5.74, 6) is -1.14. The van der Waals surface area contributed by atoms with Crippen molar-refractivity contribution < 1.29 is 19.4 Å². The van der Waals surface area contributed by atoms with Crippen molar-refractivity contribution in [1.82, 2.24) is 4.90 Å². The minimum absolute atomic E-state index is 0.106. The van der Waals surface area contributed by atoms with Crippen LogP contribution in [0.25, 0.3) is 0 Å². The Bertz CT molecular complexity index is 304. The zero-order valence-corrected chi connectivity index (χ0v) is 10.3. The molecule has 0 aliphatic carbocycles. The predicted octanol–water partition coefficient (Wildman–Crippen LogP) is -0.184. The van der Waals surface area contributed by atoms with Gasteiger partial charge in [-0.15, -0.1) is 0 Å². The number of amides is 1. The average molecular weight is 244 g/mol. The van der Waals surface area contributed by atoms with Crippen molar-refractivity contribution in [2.45, 2.75) is 38.3 Å². The van der Waals surface area contributed by atoms with Gasteiger partial charge in [0.15, 0.2) is 0 Å². The summed E-state index contributed by atoms with van der Waals surface area (Å²) in [5.41, 5.74) is 4.97. The summed E-state index contributed by atoms with van der Waals surface area (Å²) in [7, 11) is 0. The molecule has 0 aromatic carbocycles. The molecule has 0 radical (unpaired) electrons. The first kappa shape index (κ1) is 13.9. The Morgan fingerprint density at radius 1 is 1.59 bits per heavy atom. The number of nitrogens with zero attached hydrogens (tertiary/aromatic N) is 1. The number of hydrogen-bond acceptors (Lipinski definition) is 4. The molecule has 1 heterocycles. The molecule has 2 atom stereocenters. The fraction of sp³-hybridized carbons (Fsp3) is 0.818. The van der Waals surface area contributed by atoms with Gasteiger partial charge >= 0.3 is 5.97 Å². The first-order chi connectivity index (χ1) is 7.88. The molecule has 1 amide bonds. The highest BCUT2D eigenvalue weighted by molar-refractivity contribution is 5.86. The van der Waals surface area contributed by atoms with E-state index >= 15 is 0 Å². The van der Waals surface area contributed by atoms with E-state index in [9.17, 15) is 9.59 Å². The molecular weight excluding hydrogens is 224 g/mol. The minimum atomic E-state index is -0.937. The minimum Gasteiger partial charge on any atom is -0.481 e. The van der Waals surface area contributed by atoms with Crippen LogP contribution in [0.5, 0.6) is 0 Å². The van der Waals surface area contributed by atoms with E-state index in [1.807, 2.05) is 6.92 Å². The van der Waals surface area contributed by atoms with Gasteiger partial charge in [0.2, 0.25) is 5.91 Å². The summed E-state index contributed by atoms with van der Waals surface area (Å²) < 4.78 is 5.21. The van der Waals surface area contributed by atoms with E-state index in [0.717, 1.165) is 0 Å². The topological polar surface area (TPSA) is 92.9 Å². The van der Waals surface area contributed by atoms with Gasteiger partial charge in [-0.1, -0.05) is 6.92 Å². The van der Waals surface area contributed by atoms with Crippen LogP contribution >= 0.6 is 0 Å². The van der Waals surface area contributed by atoms with Crippen molar-refractivity contribution >= 4 is 11.9 Å². The fourth-order valence-electron chi connectivity index (χ4n) is 1.77. The zero-order valence-electron chi connectivity index (χ0n) is 10.3. The van der Waals surface area contributed by atoms with Gasteiger partial charge in [0.05, 0.1) is 31.2 Å². The Morgan fingerprint density at radius 2 is 2.24 bits per heavy atom. The van der Waals surface area contributed by atoms with Gasteiger partial charge in [0.25, 0.3) is 0 Å². The zero-order chi connectivity index (χ0) is 13.1. The molecule has 98 valence electrons. The van der Waals surface area contributed by atoms with Gasteiger partial charge in [-0.3, -0.25) is 9.59 Å². The maximum Gasteiger partial charge on any atom is 0.305 e. The van der Waals surface area contributed by atoms with Crippen LogP contribution in [0, 0.1) is 0 Å². The van der Waals surface area contributed by atoms with E-state index in [0.29, 0.717) is 19.6 Å². The van der Waals surface area contributed by atoms with Crippen LogP contribution in [0.15, 0.2) is 0 Å². The summed E-state index contributed by atoms with van der Waals surface area (Å²) >= 11 is 0. The van der Waals surface area contributed by atoms with Crippen molar-refractivity contribution in [2.24, 2.45) is 5.73 Å². The number of carbonyl (C=O) groups excluding carboxylic acids is 1. The largest absolute Gasteiger partial charge is 0.481 e. The summed E-state index contributed by atoms with van der Waals surface area (Å²) in [6, 6.07) is -0.414. The number of morpholine rings is 1. The second-order valence-corrected chi connectivity index (χ2v) is 4.60. The smallest absolute Gasteiger partial charge is 0.305 e. The molecule has 0 aromatic heterocycles. The molecule has 1 aliphatic heterocycles. The van der Waals surface area contributed by atoms with Crippen LogP contribution < -0.4 is 5.73 Å². The predicted molar refractivity (Wildman–Crippen MR) is 61.5 cm³/mol. The highest BCUT2D eigenvalue weighted by Gasteiger charge is 2.36. The third-order valence-corrected chi connectivity index (χ3v) is 3.12. The second-order valence-electron chi connectivity index (χ2n) is 4.60. The molecule has 0 saturated carbocycles. The number of carboxylic acid groups (broad SMARTS) is 1. The van der Waals surface area contributed by atoms with Gasteiger partial charge < -0.3 is 20.5 Å². The number of hydrogen-bond donors (Lipinski definition) is 2. The molecule has 6 nitrogen and oxygen atoms in total. The maximum absolute atomic E-state index is 12.2. The summed E-state index contributed by atoms with van der Waals surface area (Å²) in [6.45, 7) is 4.61. The van der Waals surface area contributed by atoms with Gasteiger partial charge in [0, 0.05) is 6.54 Å². The normalized spacial score (nSPS) is 24.2. The molecule has 1 fully saturated rings. The van der Waals surface area contributed by atoms with Crippen molar-refractivity contribution in [3.63, 3.8) is 0 Å². The molecule has 0 aromatic rings. The first-order valence-electron chi connectivity index (χ1n) is 5.78. The SMILES string of the molecule is CCC(C)(N)C(=O)N1CCOCC1CC(=O)O. The molecule has 0 spiro atoms. The molecule has 3 N–H and O–H groups in total. The number of nitrogens with two attached hydrogens (primary N) is 1. The van der Waals surface area contributed by atoms with E-state index < -0.39 is 17.6 Å². The van der Waals surface area contributed by atoms with Crippen molar-refractivity contribution in [2.75, 3.05) is 19.8 Å². The highest BCUT2D eigenvalue weighted by Crippen LogP contribution is 2.17. The Hall–Kier alpha value is -1.14. The lowest BCUT2D eigenvalue weighted by molar-refractivity contribution is -0.149. The molecule has 17 heavy (non-hydrogen) atoms. The van der Waals surface area contributed by atoms with E-state index in [-0.39, 0.29) is 18.9 Å². The second kappa shape index (κ2) is 5.46. The molecule has 0 bridgehead atoms. The van der Waals surface area contributed by atoms with E-state index in [1.165, 1.54) is 0 Å². The van der Waals surface area contributed by atoms with Crippen LogP contribution in [0.4, 0.5) is 0 Å². The number of aliphatic carboxylic acids is 1. The van der Waals surface area contributed by atoms with Gasteiger partial charge in [-0.05, 0) is 13.3 Å². The molecule has 1 saturated heterocycles. The number of rotatable bonds is 4. The Balaban J connectivity index is 2.77. The quantitative estimate of drug-likeness (QED) is 0.715. The highest BCUT2D eigenvalue weighted by atomic mass is 16.5. The monoisotopic (exact) mass is 244 g/mol. The van der Waals surface area contributed by atoms with Crippen LogP contribution in [-0.4, -0.2) is 53.2 Å². The van der Waals surface area contributed by atoms with Gasteiger partial charge in [-0.25, -0.2) is 0 Å². The van der Waals surface area contributed by atoms with Gasteiger partial charge in [0.1, 0.15) is 0 Å². The third-order valence-electron chi connectivity index (χ3n) is 3.12. The molecule has 2 unspecified atom stereocenters. The summed E-state index contributed by atoms with van der Waals surface area (Å²) in [6.07, 6.45) is 0.411. The van der Waals surface area contributed by atoms with E-state index in [2.05, 4.69) is 0 Å². The number of ether oxygens (including phenoxy) is 1. The number of carbonyl (C=O) groups is 2. The summed E-state index contributed by atoms with van der Waals surface area (Å²) in [4.78, 5) is 24.5. The Kier molecular flexibility index (Phi) is 4.47. The fourth-order valence-corrected chi connectivity index (χ4v) is 1.77. The molecule has 6 heteroatoms. The van der Waals surface area contributed by atoms with Crippen molar-refractivity contribution in [1.29, 1.82) is 0 Å². The van der Waals surface area contributed by atoms with Crippen LogP contribution in [-0.2, 0) is 14.3 Å². The number of carboxylic acids is 1. The average Bonchev–Trinajstić information content (AvgIpc) is 2.28. The van der Waals surface area contributed by atoms with E-state index in [1.54, 1.807) is 11.8 Å². The lowest BCUT2D eigenvalue weighted by Crippen LogP contribution is -2.59. The van der Waals surface area contributed by atoms with Crippen molar-refractivity contribution in [3.05, 3.63) is 0 Å². The Labute approximate surface area is 101 Å². The van der Waals surface area contributed by atoms with E-state index in [4.69, 9.17) is 15.6 Å². The van der Waals surface area contributed by atoms with Crippen LogP contribution in [0.3, 0.4) is 0 Å². The van der Waals surface area contributed by atoms with Gasteiger partial charge in [-0.2, -0.15) is 0 Å². The molecule has 1 rings (SSSR count). The third kappa shape index (κ3) is 3.41.